The summed E-state index contributed by atoms with van der Waals surface area (Å²) in [6.07, 6.45) is -3.25. The van der Waals surface area contributed by atoms with Crippen LogP contribution in [0, 0.1) is 0 Å². The Kier molecular flexibility index (Phi) is 9.84. The van der Waals surface area contributed by atoms with Gasteiger partial charge in [-0.3, -0.25) is 4.90 Å². The maximum Gasteiger partial charge on any atom is 0.389 e. The molecule has 1 saturated heterocycles. The van der Waals surface area contributed by atoms with Gasteiger partial charge in [-0.25, -0.2) is 4.98 Å². The van der Waals surface area contributed by atoms with Crippen LogP contribution < -0.4 is 10.1 Å². The molecule has 4 nitrogen and oxygen atoms in total. The predicted molar refractivity (Wildman–Crippen MR) is 87.8 cm³/mol. The van der Waals surface area contributed by atoms with E-state index in [2.05, 4.69) is 15.2 Å². The van der Waals surface area contributed by atoms with Crippen LogP contribution >= 0.6 is 24.8 Å². The van der Waals surface area contributed by atoms with Crippen molar-refractivity contribution < 1.29 is 17.9 Å². The summed E-state index contributed by atoms with van der Waals surface area (Å²) in [5.74, 6) is 0.466. The normalized spacial score (nSPS) is 16.9. The first-order valence-electron chi connectivity index (χ1n) is 7.01. The van der Waals surface area contributed by atoms with E-state index in [1.807, 2.05) is 0 Å². The molecule has 1 aromatic rings. The summed E-state index contributed by atoms with van der Waals surface area (Å²) >= 11 is 0. The fourth-order valence-electron chi connectivity index (χ4n) is 2.56. The molecule has 1 fully saturated rings. The fourth-order valence-corrected chi connectivity index (χ4v) is 2.56. The van der Waals surface area contributed by atoms with Crippen molar-refractivity contribution in [3.05, 3.63) is 23.9 Å². The van der Waals surface area contributed by atoms with Gasteiger partial charge in [0.05, 0.1) is 7.11 Å². The van der Waals surface area contributed by atoms with E-state index in [0.717, 1.165) is 31.7 Å². The number of alkyl halides is 3. The minimum Gasteiger partial charge on any atom is -0.481 e. The molecule has 0 amide bonds. The lowest BCUT2D eigenvalue weighted by molar-refractivity contribution is -0.138. The second-order valence-electron chi connectivity index (χ2n) is 5.09. The molecule has 9 heteroatoms. The monoisotopic (exact) mass is 375 g/mol. The number of nitrogens with zero attached hydrogens (tertiary/aromatic N) is 2. The van der Waals surface area contributed by atoms with Gasteiger partial charge in [-0.2, -0.15) is 13.2 Å². The minimum absolute atomic E-state index is 0. The largest absolute Gasteiger partial charge is 0.481 e. The number of hydrogen-bond acceptors (Lipinski definition) is 4. The third kappa shape index (κ3) is 7.12. The van der Waals surface area contributed by atoms with Gasteiger partial charge >= 0.3 is 6.18 Å². The zero-order valence-corrected chi connectivity index (χ0v) is 14.4. The highest BCUT2D eigenvalue weighted by molar-refractivity contribution is 5.85. The summed E-state index contributed by atoms with van der Waals surface area (Å²) in [5.41, 5.74) is 0.807. The van der Waals surface area contributed by atoms with Gasteiger partial charge in [0.1, 0.15) is 0 Å². The van der Waals surface area contributed by atoms with E-state index in [1.165, 1.54) is 7.11 Å². The molecule has 134 valence electrons. The van der Waals surface area contributed by atoms with Crippen LogP contribution in [0.15, 0.2) is 18.3 Å². The van der Waals surface area contributed by atoms with E-state index >= 15 is 0 Å². The third-order valence-corrected chi connectivity index (χ3v) is 3.65. The van der Waals surface area contributed by atoms with E-state index in [-0.39, 0.29) is 37.3 Å². The molecule has 0 aliphatic carbocycles. The second-order valence-corrected chi connectivity index (χ2v) is 5.09. The van der Waals surface area contributed by atoms with Crippen LogP contribution in [0.1, 0.15) is 24.4 Å². The number of methoxy groups -OCH3 is 1. The number of aromatic nitrogens is 1. The van der Waals surface area contributed by atoms with Gasteiger partial charge in [0.25, 0.3) is 0 Å². The topological polar surface area (TPSA) is 37.4 Å². The van der Waals surface area contributed by atoms with E-state index < -0.39 is 12.6 Å². The SMILES string of the molecule is COc1ccc([C@H](CCC(F)(F)F)N2CCNCC2)cn1.Cl.Cl. The zero-order valence-electron chi connectivity index (χ0n) is 12.8. The summed E-state index contributed by atoms with van der Waals surface area (Å²) in [6.45, 7) is 3.08. The molecule has 0 saturated carbocycles. The molecule has 1 N–H and O–H groups in total. The van der Waals surface area contributed by atoms with E-state index in [0.29, 0.717) is 5.88 Å². The van der Waals surface area contributed by atoms with Crippen LogP contribution in [-0.4, -0.2) is 49.3 Å². The molecule has 0 bridgehead atoms. The Morgan fingerprint density at radius 1 is 1.26 bits per heavy atom. The van der Waals surface area contributed by atoms with Gasteiger partial charge in [-0.1, -0.05) is 6.07 Å². The third-order valence-electron chi connectivity index (χ3n) is 3.65. The summed E-state index contributed by atoms with van der Waals surface area (Å²) in [5, 5.41) is 3.21. The smallest absolute Gasteiger partial charge is 0.389 e. The summed E-state index contributed by atoms with van der Waals surface area (Å²) in [6, 6.07) is 3.24. The van der Waals surface area contributed by atoms with Crippen LogP contribution in [0.2, 0.25) is 0 Å². The van der Waals surface area contributed by atoms with Gasteiger partial charge in [0.2, 0.25) is 5.88 Å². The Morgan fingerprint density at radius 2 is 1.91 bits per heavy atom. The average molecular weight is 376 g/mol. The maximum absolute atomic E-state index is 12.6. The summed E-state index contributed by atoms with van der Waals surface area (Å²) in [4.78, 5) is 6.20. The van der Waals surface area contributed by atoms with Crippen molar-refractivity contribution in [1.29, 1.82) is 0 Å². The lowest BCUT2D eigenvalue weighted by Gasteiger charge is -2.35. The van der Waals surface area contributed by atoms with Crippen molar-refractivity contribution in [2.45, 2.75) is 25.1 Å². The quantitative estimate of drug-likeness (QED) is 0.857. The van der Waals surface area contributed by atoms with Crippen molar-refractivity contribution in [1.82, 2.24) is 15.2 Å². The Balaban J connectivity index is 0.00000242. The fraction of sp³-hybridized carbons (Fsp3) is 0.643. The Hall–Kier alpha value is -0.760. The first kappa shape index (κ1) is 22.2. The molecule has 0 aromatic carbocycles. The average Bonchev–Trinajstić information content (AvgIpc) is 2.48. The second kappa shape index (κ2) is 10.2. The molecule has 0 unspecified atom stereocenters. The lowest BCUT2D eigenvalue weighted by Crippen LogP contribution is -2.45. The predicted octanol–water partition coefficient (Wildman–Crippen LogP) is 3.22. The van der Waals surface area contributed by atoms with Crippen LogP contribution in [0.25, 0.3) is 0 Å². The van der Waals surface area contributed by atoms with Crippen molar-refractivity contribution in [3.8, 4) is 5.88 Å². The summed E-state index contributed by atoms with van der Waals surface area (Å²) in [7, 11) is 1.51. The highest BCUT2D eigenvalue weighted by Gasteiger charge is 2.31. The van der Waals surface area contributed by atoms with Crippen LogP contribution in [-0.2, 0) is 0 Å². The van der Waals surface area contributed by atoms with Crippen molar-refractivity contribution in [3.63, 3.8) is 0 Å². The molecule has 0 spiro atoms. The number of ether oxygens (including phenoxy) is 1. The van der Waals surface area contributed by atoms with Gasteiger partial charge in [0, 0.05) is 50.9 Å². The van der Waals surface area contributed by atoms with Gasteiger partial charge < -0.3 is 10.1 Å². The van der Waals surface area contributed by atoms with Crippen molar-refractivity contribution in [2.75, 3.05) is 33.3 Å². The number of nitrogens with one attached hydrogen (secondary N) is 1. The number of pyridine rings is 1. The lowest BCUT2D eigenvalue weighted by atomic mass is 10.0. The van der Waals surface area contributed by atoms with E-state index in [4.69, 9.17) is 4.74 Å². The van der Waals surface area contributed by atoms with Crippen LogP contribution in [0.5, 0.6) is 5.88 Å². The van der Waals surface area contributed by atoms with Crippen LogP contribution in [0.4, 0.5) is 13.2 Å². The molecule has 1 aliphatic heterocycles. The summed E-state index contributed by atoms with van der Waals surface area (Å²) < 4.78 is 42.6. The highest BCUT2D eigenvalue weighted by Crippen LogP contribution is 2.31. The molecular weight excluding hydrogens is 354 g/mol. The number of piperazine rings is 1. The van der Waals surface area contributed by atoms with Gasteiger partial charge in [0.15, 0.2) is 0 Å². The van der Waals surface area contributed by atoms with Crippen molar-refractivity contribution >= 4 is 24.8 Å². The number of rotatable bonds is 5. The molecule has 1 aliphatic rings. The molecule has 2 rings (SSSR count). The van der Waals surface area contributed by atoms with Crippen LogP contribution in [0.3, 0.4) is 0 Å². The molecule has 2 heterocycles. The Labute approximate surface area is 146 Å². The number of hydrogen-bond donors (Lipinski definition) is 1. The molecule has 1 aromatic heterocycles. The number of halogens is 5. The Bertz CT molecular complexity index is 440. The zero-order chi connectivity index (χ0) is 15.3. The standard InChI is InChI=1S/C14H20F3N3O.2ClH/c1-21-13-3-2-11(10-19-13)12(4-5-14(15,16)17)20-8-6-18-7-9-20;;/h2-3,10,12,18H,4-9H2,1H3;2*1H/t12-;;/m0../s1. The van der Waals surface area contributed by atoms with Crippen molar-refractivity contribution in [2.24, 2.45) is 0 Å². The first-order chi connectivity index (χ1) is 9.99. The Morgan fingerprint density at radius 3 is 2.39 bits per heavy atom. The van der Waals surface area contributed by atoms with E-state index in [9.17, 15) is 13.2 Å². The van der Waals surface area contributed by atoms with Gasteiger partial charge in [-0.05, 0) is 12.0 Å². The van der Waals surface area contributed by atoms with E-state index in [1.54, 1.807) is 18.3 Å². The van der Waals surface area contributed by atoms with Gasteiger partial charge in [-0.15, -0.1) is 24.8 Å². The highest BCUT2D eigenvalue weighted by atomic mass is 35.5. The molecular formula is C14H22Cl2F3N3O. The maximum atomic E-state index is 12.6. The first-order valence-corrected chi connectivity index (χ1v) is 7.01. The molecule has 1 atom stereocenters. The minimum atomic E-state index is -4.13. The molecule has 23 heavy (non-hydrogen) atoms. The molecule has 0 radical (unpaired) electrons.